The number of nitriles is 1. The van der Waals surface area contributed by atoms with Crippen molar-refractivity contribution in [1.82, 2.24) is 4.90 Å². The van der Waals surface area contributed by atoms with Crippen molar-refractivity contribution in [2.45, 2.75) is 38.8 Å². The van der Waals surface area contributed by atoms with Gasteiger partial charge >= 0.3 is 0 Å². The Balaban J connectivity index is 1.66. The second kappa shape index (κ2) is 13.1. The summed E-state index contributed by atoms with van der Waals surface area (Å²) in [5.41, 5.74) is 6.69. The largest absolute Gasteiger partial charge is 0.511 e. The molecule has 1 aliphatic rings. The molecule has 1 fully saturated rings. The Morgan fingerprint density at radius 3 is 2.61 bits per heavy atom. The van der Waals surface area contributed by atoms with E-state index in [4.69, 9.17) is 9.47 Å². The third-order valence-corrected chi connectivity index (χ3v) is 7.10. The third kappa shape index (κ3) is 6.52. The molecule has 5 nitrogen and oxygen atoms in total. The number of aliphatic hydroxyl groups excluding tert-OH is 1. The Hall–Kier alpha value is -3.85. The van der Waals surface area contributed by atoms with E-state index in [9.17, 15) is 10.4 Å². The van der Waals surface area contributed by atoms with E-state index in [1.165, 1.54) is 0 Å². The van der Waals surface area contributed by atoms with Crippen LogP contribution in [0.15, 0.2) is 73.0 Å². The van der Waals surface area contributed by atoms with Crippen LogP contribution in [-0.2, 0) is 11.3 Å². The number of rotatable bonds is 10. The molecule has 1 atom stereocenters. The van der Waals surface area contributed by atoms with Crippen LogP contribution >= 0.6 is 0 Å². The summed E-state index contributed by atoms with van der Waals surface area (Å²) in [7, 11) is 1.66. The highest BCUT2D eigenvalue weighted by Crippen LogP contribution is 2.31. The van der Waals surface area contributed by atoms with E-state index < -0.39 is 0 Å². The minimum Gasteiger partial charge on any atom is -0.511 e. The Morgan fingerprint density at radius 1 is 1.08 bits per heavy atom. The molecule has 0 aliphatic carbocycles. The molecular formula is C33H36N2O3. The zero-order chi connectivity index (χ0) is 26.9. The predicted octanol–water partition coefficient (Wildman–Crippen LogP) is 7.16. The molecule has 3 aromatic carbocycles. The molecule has 0 bridgehead atoms. The van der Waals surface area contributed by atoms with Gasteiger partial charge in [0.05, 0.1) is 18.2 Å². The van der Waals surface area contributed by atoms with E-state index in [1.807, 2.05) is 60.7 Å². The average molecular weight is 509 g/mol. The summed E-state index contributed by atoms with van der Waals surface area (Å²) < 4.78 is 11.4. The van der Waals surface area contributed by atoms with Crippen LogP contribution in [0.3, 0.4) is 0 Å². The zero-order valence-corrected chi connectivity index (χ0v) is 22.3. The lowest BCUT2D eigenvalue weighted by Gasteiger charge is -2.35. The summed E-state index contributed by atoms with van der Waals surface area (Å²) in [5.74, 6) is 1.03. The van der Waals surface area contributed by atoms with Crippen LogP contribution in [-0.4, -0.2) is 42.9 Å². The van der Waals surface area contributed by atoms with E-state index in [2.05, 4.69) is 36.6 Å². The smallest absolute Gasteiger partial charge is 0.124 e. The molecule has 196 valence electrons. The highest BCUT2D eigenvalue weighted by atomic mass is 16.5. The number of nitrogens with zero attached hydrogens (tertiary/aromatic N) is 2. The van der Waals surface area contributed by atoms with Gasteiger partial charge in [0.1, 0.15) is 24.2 Å². The van der Waals surface area contributed by atoms with Crippen LogP contribution in [0.2, 0.25) is 0 Å². The third-order valence-electron chi connectivity index (χ3n) is 7.10. The number of piperidine rings is 1. The number of aryl methyl sites for hydroxylation is 1. The Labute approximate surface area is 226 Å². The number of hydrogen-bond acceptors (Lipinski definition) is 5. The van der Waals surface area contributed by atoms with Gasteiger partial charge in [-0.2, -0.15) is 5.26 Å². The van der Waals surface area contributed by atoms with Crippen LogP contribution in [0, 0.1) is 18.3 Å². The summed E-state index contributed by atoms with van der Waals surface area (Å²) in [6.45, 7) is 8.44. The molecule has 1 N–H and O–H groups in total. The van der Waals surface area contributed by atoms with Crippen LogP contribution in [0.5, 0.6) is 5.75 Å². The maximum Gasteiger partial charge on any atom is 0.124 e. The maximum absolute atomic E-state index is 10.2. The van der Waals surface area contributed by atoms with E-state index in [0.29, 0.717) is 25.3 Å². The minimum atomic E-state index is -0.0308. The number of likely N-dealkylation sites (tertiary alicyclic amines) is 1. The van der Waals surface area contributed by atoms with E-state index in [-0.39, 0.29) is 11.8 Å². The van der Waals surface area contributed by atoms with Gasteiger partial charge in [-0.25, -0.2) is 0 Å². The summed E-state index contributed by atoms with van der Waals surface area (Å²) in [6, 6.07) is 22.5. The fourth-order valence-corrected chi connectivity index (χ4v) is 5.08. The van der Waals surface area contributed by atoms with Crippen molar-refractivity contribution < 1.29 is 14.6 Å². The molecule has 0 aromatic heterocycles. The number of aliphatic hydroxyl groups is 1. The minimum absolute atomic E-state index is 0.0308. The Morgan fingerprint density at radius 2 is 1.87 bits per heavy atom. The quantitative estimate of drug-likeness (QED) is 0.179. The standard InChI is InChI=1S/C33H36N2O3/c1-24-20-29(23-35-17-8-7-14-32(35)25(2)36)33(38-19-18-37-3)21-28(24)16-15-27-12-9-13-30(31(27)22-34)26-10-5-4-6-11-26/h4-6,9-13,15-16,20-21,32,36H,2,7-8,14,17-19,23H2,1,3H3/b16-15+/t32-/m0/s1. The van der Waals surface area contributed by atoms with Crippen LogP contribution in [0.25, 0.3) is 23.3 Å². The molecule has 0 radical (unpaired) electrons. The summed E-state index contributed by atoms with van der Waals surface area (Å²) in [4.78, 5) is 2.29. The first-order valence-electron chi connectivity index (χ1n) is 13.2. The Kier molecular flexibility index (Phi) is 9.37. The molecule has 0 amide bonds. The first-order chi connectivity index (χ1) is 18.5. The number of benzene rings is 3. The zero-order valence-electron chi connectivity index (χ0n) is 22.3. The summed E-state index contributed by atoms with van der Waals surface area (Å²) >= 11 is 0. The highest BCUT2D eigenvalue weighted by Gasteiger charge is 2.26. The van der Waals surface area contributed by atoms with Crippen LogP contribution < -0.4 is 4.74 Å². The molecule has 38 heavy (non-hydrogen) atoms. The molecule has 0 spiro atoms. The first-order valence-corrected chi connectivity index (χ1v) is 13.2. The van der Waals surface area contributed by atoms with Crippen molar-refractivity contribution in [3.8, 4) is 22.9 Å². The molecule has 5 heteroatoms. The van der Waals surface area contributed by atoms with Crippen molar-refractivity contribution in [2.75, 3.05) is 26.9 Å². The van der Waals surface area contributed by atoms with Gasteiger partial charge in [-0.3, -0.25) is 4.90 Å². The van der Waals surface area contributed by atoms with Gasteiger partial charge in [0.15, 0.2) is 0 Å². The molecule has 3 aromatic rings. The van der Waals surface area contributed by atoms with Crippen molar-refractivity contribution in [2.24, 2.45) is 0 Å². The average Bonchev–Trinajstić information content (AvgIpc) is 2.94. The van der Waals surface area contributed by atoms with Crippen LogP contribution in [0.4, 0.5) is 0 Å². The van der Waals surface area contributed by atoms with Gasteiger partial charge in [0.2, 0.25) is 0 Å². The first kappa shape index (κ1) is 27.2. The van der Waals surface area contributed by atoms with Gasteiger partial charge in [-0.15, -0.1) is 0 Å². The van der Waals surface area contributed by atoms with Crippen molar-refractivity contribution in [3.05, 3.63) is 101 Å². The molecule has 0 unspecified atom stereocenters. The topological polar surface area (TPSA) is 65.7 Å². The number of ether oxygens (including phenoxy) is 2. The summed E-state index contributed by atoms with van der Waals surface area (Å²) in [6.07, 6.45) is 7.16. The van der Waals surface area contributed by atoms with Crippen molar-refractivity contribution in [1.29, 1.82) is 5.26 Å². The maximum atomic E-state index is 10.2. The van der Waals surface area contributed by atoms with E-state index in [1.54, 1.807) is 7.11 Å². The molecule has 1 aliphatic heterocycles. The normalized spacial score (nSPS) is 15.9. The Bertz CT molecular complexity index is 1320. The van der Waals surface area contributed by atoms with E-state index >= 15 is 0 Å². The SMILES string of the molecule is C=C(O)[C@@H]1CCCCN1Cc1cc(C)c(/C=C/c2cccc(-c3ccccc3)c2C#N)cc1OCCOC. The van der Waals surface area contributed by atoms with Gasteiger partial charge in [-0.05, 0) is 54.6 Å². The second-order valence-corrected chi connectivity index (χ2v) is 9.71. The highest BCUT2D eigenvalue weighted by molar-refractivity contribution is 5.81. The summed E-state index contributed by atoms with van der Waals surface area (Å²) in [5, 5.41) is 20.1. The van der Waals surface area contributed by atoms with Gasteiger partial charge in [-0.1, -0.05) is 79.7 Å². The van der Waals surface area contributed by atoms with Gasteiger partial charge in [0, 0.05) is 24.8 Å². The number of hydrogen-bond donors (Lipinski definition) is 1. The van der Waals surface area contributed by atoms with E-state index in [0.717, 1.165) is 64.9 Å². The molecule has 0 saturated carbocycles. The second-order valence-electron chi connectivity index (χ2n) is 9.71. The fraction of sp³-hybridized carbons (Fsp3) is 0.303. The lowest BCUT2D eigenvalue weighted by molar-refractivity contribution is 0.123. The lowest BCUT2D eigenvalue weighted by atomic mass is 9.95. The molecule has 1 saturated heterocycles. The monoisotopic (exact) mass is 508 g/mol. The van der Waals surface area contributed by atoms with Crippen molar-refractivity contribution >= 4 is 12.2 Å². The lowest BCUT2D eigenvalue weighted by Crippen LogP contribution is -2.40. The van der Waals surface area contributed by atoms with Crippen molar-refractivity contribution in [3.63, 3.8) is 0 Å². The van der Waals surface area contributed by atoms with Gasteiger partial charge in [0.25, 0.3) is 0 Å². The molecule has 1 heterocycles. The van der Waals surface area contributed by atoms with Crippen LogP contribution in [0.1, 0.15) is 47.1 Å². The van der Waals surface area contributed by atoms with Gasteiger partial charge < -0.3 is 14.6 Å². The predicted molar refractivity (Wildman–Crippen MR) is 154 cm³/mol. The fourth-order valence-electron chi connectivity index (χ4n) is 5.08. The number of methoxy groups -OCH3 is 1. The molecular weight excluding hydrogens is 472 g/mol. The molecule has 4 rings (SSSR count).